The Balaban J connectivity index is 2.75. The third-order valence-electron chi connectivity index (χ3n) is 2.29. The topological polar surface area (TPSA) is 93.3 Å². The number of hydrogen-bond acceptors (Lipinski definition) is 6. The fourth-order valence-corrected chi connectivity index (χ4v) is 1.37. The molecule has 1 heterocycles. The van der Waals surface area contributed by atoms with Crippen LogP contribution in [0, 0.1) is 0 Å². The SMILES string of the molecule is COCC(O)CNc1cc(N)nc(C(C)(C)C)n1. The lowest BCUT2D eigenvalue weighted by Crippen LogP contribution is -2.25. The van der Waals surface area contributed by atoms with E-state index in [-0.39, 0.29) is 12.0 Å². The number of ether oxygens (including phenoxy) is 1. The van der Waals surface area contributed by atoms with Gasteiger partial charge in [-0.1, -0.05) is 20.8 Å². The quantitative estimate of drug-likeness (QED) is 0.719. The van der Waals surface area contributed by atoms with E-state index in [4.69, 9.17) is 10.5 Å². The highest BCUT2D eigenvalue weighted by Gasteiger charge is 2.18. The predicted molar refractivity (Wildman–Crippen MR) is 71.5 cm³/mol. The Morgan fingerprint density at radius 2 is 2.11 bits per heavy atom. The fraction of sp³-hybridized carbons (Fsp3) is 0.667. The summed E-state index contributed by atoms with van der Waals surface area (Å²) in [5.41, 5.74) is 5.57. The van der Waals surface area contributed by atoms with Crippen LogP contribution in [0.4, 0.5) is 11.6 Å². The van der Waals surface area contributed by atoms with Crippen molar-refractivity contribution in [1.82, 2.24) is 9.97 Å². The molecule has 1 aromatic heterocycles. The van der Waals surface area contributed by atoms with Crippen LogP contribution in [-0.4, -0.2) is 41.4 Å². The minimum Gasteiger partial charge on any atom is -0.389 e. The summed E-state index contributed by atoms with van der Waals surface area (Å²) in [7, 11) is 1.55. The number of nitrogen functional groups attached to an aromatic ring is 1. The average Bonchev–Trinajstić information content (AvgIpc) is 2.25. The van der Waals surface area contributed by atoms with Crippen molar-refractivity contribution in [2.24, 2.45) is 0 Å². The maximum Gasteiger partial charge on any atom is 0.138 e. The molecule has 0 saturated carbocycles. The number of aromatic nitrogens is 2. The average molecular weight is 254 g/mol. The summed E-state index contributed by atoms with van der Waals surface area (Å²) >= 11 is 0. The second-order valence-corrected chi connectivity index (χ2v) is 5.24. The van der Waals surface area contributed by atoms with Crippen molar-refractivity contribution in [2.45, 2.75) is 32.3 Å². The van der Waals surface area contributed by atoms with Gasteiger partial charge in [-0.05, 0) is 0 Å². The van der Waals surface area contributed by atoms with Gasteiger partial charge >= 0.3 is 0 Å². The minimum atomic E-state index is -0.579. The Morgan fingerprint density at radius 3 is 2.67 bits per heavy atom. The highest BCUT2D eigenvalue weighted by Crippen LogP contribution is 2.21. The van der Waals surface area contributed by atoms with Gasteiger partial charge in [0.1, 0.15) is 17.5 Å². The Hall–Kier alpha value is -1.40. The van der Waals surface area contributed by atoms with Crippen molar-refractivity contribution in [1.29, 1.82) is 0 Å². The predicted octanol–water partition coefficient (Wildman–Crippen LogP) is 0.775. The molecule has 0 saturated heterocycles. The van der Waals surface area contributed by atoms with Crippen LogP contribution in [0.25, 0.3) is 0 Å². The monoisotopic (exact) mass is 254 g/mol. The van der Waals surface area contributed by atoms with E-state index >= 15 is 0 Å². The van der Waals surface area contributed by atoms with Crippen molar-refractivity contribution in [2.75, 3.05) is 31.3 Å². The molecule has 0 spiro atoms. The van der Waals surface area contributed by atoms with Crippen LogP contribution >= 0.6 is 0 Å². The Kier molecular flexibility index (Phi) is 4.86. The summed E-state index contributed by atoms with van der Waals surface area (Å²) < 4.78 is 4.85. The molecule has 0 bridgehead atoms. The maximum atomic E-state index is 9.55. The minimum absolute atomic E-state index is 0.170. The van der Waals surface area contributed by atoms with Crippen LogP contribution in [0.1, 0.15) is 26.6 Å². The van der Waals surface area contributed by atoms with E-state index in [0.29, 0.717) is 24.0 Å². The van der Waals surface area contributed by atoms with Crippen LogP contribution < -0.4 is 11.1 Å². The van der Waals surface area contributed by atoms with Crippen molar-refractivity contribution in [3.63, 3.8) is 0 Å². The van der Waals surface area contributed by atoms with Crippen LogP contribution in [0.5, 0.6) is 0 Å². The molecule has 102 valence electrons. The van der Waals surface area contributed by atoms with E-state index in [9.17, 15) is 5.11 Å². The third-order valence-corrected chi connectivity index (χ3v) is 2.29. The van der Waals surface area contributed by atoms with Crippen LogP contribution in [-0.2, 0) is 10.2 Å². The molecule has 0 amide bonds. The van der Waals surface area contributed by atoms with Gasteiger partial charge in [0, 0.05) is 25.1 Å². The summed E-state index contributed by atoms with van der Waals surface area (Å²) in [5.74, 6) is 1.70. The van der Waals surface area contributed by atoms with Gasteiger partial charge in [0.15, 0.2) is 0 Å². The first-order valence-electron chi connectivity index (χ1n) is 5.89. The zero-order valence-corrected chi connectivity index (χ0v) is 11.4. The largest absolute Gasteiger partial charge is 0.389 e. The van der Waals surface area contributed by atoms with Gasteiger partial charge < -0.3 is 20.9 Å². The number of rotatable bonds is 5. The molecular formula is C12H22N4O2. The molecule has 0 aromatic carbocycles. The number of hydrogen-bond donors (Lipinski definition) is 3. The number of aliphatic hydroxyl groups excluding tert-OH is 1. The van der Waals surface area contributed by atoms with Crippen molar-refractivity contribution < 1.29 is 9.84 Å². The first-order valence-corrected chi connectivity index (χ1v) is 5.89. The number of anilines is 2. The highest BCUT2D eigenvalue weighted by atomic mass is 16.5. The van der Waals surface area contributed by atoms with Crippen LogP contribution in [0.3, 0.4) is 0 Å². The molecule has 1 atom stereocenters. The van der Waals surface area contributed by atoms with Gasteiger partial charge in [-0.2, -0.15) is 0 Å². The molecule has 1 unspecified atom stereocenters. The lowest BCUT2D eigenvalue weighted by atomic mass is 9.96. The van der Waals surface area contributed by atoms with E-state index < -0.39 is 6.10 Å². The van der Waals surface area contributed by atoms with Gasteiger partial charge in [-0.3, -0.25) is 0 Å². The smallest absolute Gasteiger partial charge is 0.138 e. The van der Waals surface area contributed by atoms with E-state index in [2.05, 4.69) is 15.3 Å². The van der Waals surface area contributed by atoms with E-state index in [1.807, 2.05) is 20.8 Å². The van der Waals surface area contributed by atoms with Crippen LogP contribution in [0.15, 0.2) is 6.07 Å². The second kappa shape index (κ2) is 5.97. The number of nitrogens with one attached hydrogen (secondary N) is 1. The molecule has 6 heteroatoms. The number of nitrogens with two attached hydrogens (primary N) is 1. The zero-order valence-electron chi connectivity index (χ0n) is 11.4. The maximum absolute atomic E-state index is 9.55. The first kappa shape index (κ1) is 14.7. The molecule has 0 radical (unpaired) electrons. The Labute approximate surface area is 108 Å². The van der Waals surface area contributed by atoms with Gasteiger partial charge in [-0.15, -0.1) is 0 Å². The molecule has 0 aliphatic heterocycles. The molecule has 6 nitrogen and oxygen atoms in total. The van der Waals surface area contributed by atoms with Gasteiger partial charge in [0.05, 0.1) is 12.7 Å². The summed E-state index contributed by atoms with van der Waals surface area (Å²) in [5, 5.41) is 12.6. The standard InChI is InChI=1S/C12H22N4O2/c1-12(2,3)11-15-9(13)5-10(16-11)14-6-8(17)7-18-4/h5,8,17H,6-7H2,1-4H3,(H3,13,14,15,16). The molecule has 1 aromatic rings. The number of nitrogens with zero attached hydrogens (tertiary/aromatic N) is 2. The summed E-state index contributed by atoms with van der Waals surface area (Å²) in [6, 6.07) is 1.65. The number of aliphatic hydroxyl groups is 1. The molecule has 0 fully saturated rings. The molecule has 0 aliphatic carbocycles. The Bertz CT molecular complexity index is 390. The van der Waals surface area contributed by atoms with Crippen molar-refractivity contribution >= 4 is 11.6 Å². The lowest BCUT2D eigenvalue weighted by molar-refractivity contribution is 0.0727. The highest BCUT2D eigenvalue weighted by molar-refractivity contribution is 5.45. The second-order valence-electron chi connectivity index (χ2n) is 5.24. The van der Waals surface area contributed by atoms with E-state index in [0.717, 1.165) is 0 Å². The lowest BCUT2D eigenvalue weighted by Gasteiger charge is -2.18. The molecule has 4 N–H and O–H groups in total. The van der Waals surface area contributed by atoms with Crippen LogP contribution in [0.2, 0.25) is 0 Å². The van der Waals surface area contributed by atoms with Gasteiger partial charge in [0.2, 0.25) is 0 Å². The summed E-state index contributed by atoms with van der Waals surface area (Å²) in [4.78, 5) is 8.59. The van der Waals surface area contributed by atoms with Crippen molar-refractivity contribution in [3.05, 3.63) is 11.9 Å². The normalized spacial score (nSPS) is 13.4. The third kappa shape index (κ3) is 4.46. The first-order chi connectivity index (χ1) is 8.32. The summed E-state index contributed by atoms with van der Waals surface area (Å²) in [6.07, 6.45) is -0.579. The van der Waals surface area contributed by atoms with E-state index in [1.54, 1.807) is 13.2 Å². The van der Waals surface area contributed by atoms with Gasteiger partial charge in [-0.25, -0.2) is 9.97 Å². The molecule has 0 aliphatic rings. The zero-order chi connectivity index (χ0) is 13.8. The van der Waals surface area contributed by atoms with Gasteiger partial charge in [0.25, 0.3) is 0 Å². The Morgan fingerprint density at radius 1 is 1.44 bits per heavy atom. The van der Waals surface area contributed by atoms with E-state index in [1.165, 1.54) is 0 Å². The van der Waals surface area contributed by atoms with Crippen molar-refractivity contribution in [3.8, 4) is 0 Å². The molecular weight excluding hydrogens is 232 g/mol. The molecule has 1 rings (SSSR count). The number of methoxy groups -OCH3 is 1. The summed E-state index contributed by atoms with van der Waals surface area (Å²) in [6.45, 7) is 6.69. The fourth-order valence-electron chi connectivity index (χ4n) is 1.37. The molecule has 18 heavy (non-hydrogen) atoms.